The molecule has 0 radical (unpaired) electrons. The van der Waals surface area contributed by atoms with E-state index in [0.717, 1.165) is 6.42 Å². The minimum atomic E-state index is 0.260. The molecule has 0 saturated carbocycles. The molecular weight excluding hydrogens is 196 g/mol. The first-order chi connectivity index (χ1) is 7.81. The lowest BCUT2D eigenvalue weighted by Gasteiger charge is -2.36. The number of nitrogens with one attached hydrogen (secondary N) is 1. The van der Waals surface area contributed by atoms with Gasteiger partial charge in [0, 0.05) is 18.1 Å². The molecule has 3 N–H and O–H groups in total. The second-order valence-electron chi connectivity index (χ2n) is 4.78. The Morgan fingerprint density at radius 3 is 2.69 bits per heavy atom. The van der Waals surface area contributed by atoms with Crippen LogP contribution in [0.25, 0.3) is 0 Å². The predicted molar refractivity (Wildman–Crippen MR) is 68.2 cm³/mol. The third kappa shape index (κ3) is 2.63. The van der Waals surface area contributed by atoms with Crippen LogP contribution in [0.4, 0.5) is 0 Å². The van der Waals surface area contributed by atoms with Crippen molar-refractivity contribution in [1.82, 2.24) is 5.32 Å². The zero-order valence-electron chi connectivity index (χ0n) is 10.0. The molecule has 2 nitrogen and oxygen atoms in total. The summed E-state index contributed by atoms with van der Waals surface area (Å²) in [6.45, 7) is 2.24. The van der Waals surface area contributed by atoms with Crippen molar-refractivity contribution in [3.8, 4) is 0 Å². The van der Waals surface area contributed by atoms with Crippen LogP contribution in [0.3, 0.4) is 0 Å². The highest BCUT2D eigenvalue weighted by Crippen LogP contribution is 2.26. The van der Waals surface area contributed by atoms with Gasteiger partial charge in [-0.3, -0.25) is 0 Å². The van der Waals surface area contributed by atoms with Gasteiger partial charge in [-0.1, -0.05) is 43.7 Å². The zero-order chi connectivity index (χ0) is 11.4. The van der Waals surface area contributed by atoms with Gasteiger partial charge in [-0.2, -0.15) is 0 Å². The van der Waals surface area contributed by atoms with Gasteiger partial charge in [0.15, 0.2) is 0 Å². The van der Waals surface area contributed by atoms with E-state index in [2.05, 4.69) is 42.6 Å². The molecule has 2 rings (SSSR count). The first kappa shape index (κ1) is 11.6. The van der Waals surface area contributed by atoms with Crippen molar-refractivity contribution in [2.75, 3.05) is 0 Å². The van der Waals surface area contributed by atoms with E-state index in [1.54, 1.807) is 0 Å². The van der Waals surface area contributed by atoms with Crippen LogP contribution in [-0.2, 0) is 0 Å². The number of benzene rings is 1. The molecule has 3 atom stereocenters. The first-order valence-electron chi connectivity index (χ1n) is 6.38. The molecular formula is C14H22N2. The molecule has 0 amide bonds. The highest BCUT2D eigenvalue weighted by atomic mass is 15.0. The highest BCUT2D eigenvalue weighted by Gasteiger charge is 2.27. The maximum Gasteiger partial charge on any atom is 0.0475 e. The fraction of sp³-hybridized carbons (Fsp3) is 0.571. The Bertz CT molecular complexity index is 310. The molecule has 1 saturated heterocycles. The zero-order valence-corrected chi connectivity index (χ0v) is 10.0. The van der Waals surface area contributed by atoms with Gasteiger partial charge in [0.1, 0.15) is 0 Å². The van der Waals surface area contributed by atoms with Crippen molar-refractivity contribution in [3.05, 3.63) is 35.9 Å². The number of piperidine rings is 1. The average Bonchev–Trinajstić information content (AvgIpc) is 2.33. The minimum Gasteiger partial charge on any atom is -0.326 e. The molecule has 0 unspecified atom stereocenters. The maximum atomic E-state index is 6.21. The molecule has 88 valence electrons. The van der Waals surface area contributed by atoms with E-state index in [9.17, 15) is 0 Å². The molecule has 1 aliphatic heterocycles. The fourth-order valence-corrected chi connectivity index (χ4v) is 2.60. The summed E-state index contributed by atoms with van der Waals surface area (Å²) in [5.74, 6) is 0. The topological polar surface area (TPSA) is 38.0 Å². The summed E-state index contributed by atoms with van der Waals surface area (Å²) in [6.07, 6.45) is 4.86. The molecule has 1 aliphatic rings. The Hall–Kier alpha value is -0.860. The van der Waals surface area contributed by atoms with Gasteiger partial charge in [0.2, 0.25) is 0 Å². The second-order valence-corrected chi connectivity index (χ2v) is 4.78. The lowest BCUT2D eigenvalue weighted by Crippen LogP contribution is -2.48. The Labute approximate surface area is 98.2 Å². The smallest absolute Gasteiger partial charge is 0.0475 e. The predicted octanol–water partition coefficient (Wildman–Crippen LogP) is 2.61. The molecule has 0 spiro atoms. The van der Waals surface area contributed by atoms with Crippen LogP contribution in [-0.4, -0.2) is 12.1 Å². The Kier molecular flexibility index (Phi) is 3.97. The molecule has 16 heavy (non-hydrogen) atoms. The summed E-state index contributed by atoms with van der Waals surface area (Å²) in [4.78, 5) is 0. The van der Waals surface area contributed by atoms with E-state index in [1.807, 2.05) is 0 Å². The van der Waals surface area contributed by atoms with Gasteiger partial charge in [-0.25, -0.2) is 0 Å². The minimum absolute atomic E-state index is 0.260. The number of hydrogen-bond donors (Lipinski definition) is 2. The van der Waals surface area contributed by atoms with Crippen LogP contribution < -0.4 is 11.1 Å². The summed E-state index contributed by atoms with van der Waals surface area (Å²) in [5, 5.41) is 3.70. The van der Waals surface area contributed by atoms with Crippen molar-refractivity contribution < 1.29 is 0 Å². The second kappa shape index (κ2) is 5.46. The Morgan fingerprint density at radius 1 is 1.25 bits per heavy atom. The van der Waals surface area contributed by atoms with Gasteiger partial charge in [-0.15, -0.1) is 0 Å². The molecule has 1 aromatic carbocycles. The molecule has 1 fully saturated rings. The van der Waals surface area contributed by atoms with Crippen LogP contribution in [0, 0.1) is 0 Å². The molecule has 0 aromatic heterocycles. The van der Waals surface area contributed by atoms with E-state index < -0.39 is 0 Å². The monoisotopic (exact) mass is 218 g/mol. The van der Waals surface area contributed by atoms with Gasteiger partial charge in [0.05, 0.1) is 0 Å². The third-order valence-corrected chi connectivity index (χ3v) is 3.49. The largest absolute Gasteiger partial charge is 0.326 e. The first-order valence-corrected chi connectivity index (χ1v) is 6.38. The fourth-order valence-electron chi connectivity index (χ4n) is 2.60. The number of hydrogen-bond acceptors (Lipinski definition) is 2. The van der Waals surface area contributed by atoms with E-state index in [4.69, 9.17) is 5.73 Å². The summed E-state index contributed by atoms with van der Waals surface area (Å²) < 4.78 is 0. The SMILES string of the molecule is CCC[C@H]1CC[C@H](N)[C@@H](c2ccccc2)N1. The number of nitrogens with two attached hydrogens (primary N) is 1. The molecule has 2 heteroatoms. The normalized spacial score (nSPS) is 30.2. The lowest BCUT2D eigenvalue weighted by atomic mass is 9.88. The summed E-state index contributed by atoms with van der Waals surface area (Å²) in [7, 11) is 0. The van der Waals surface area contributed by atoms with E-state index in [-0.39, 0.29) is 6.04 Å². The van der Waals surface area contributed by atoms with Gasteiger partial charge in [-0.05, 0) is 24.8 Å². The molecule has 0 aliphatic carbocycles. The standard InChI is InChI=1S/C14H22N2/c1-2-6-12-9-10-13(15)14(16-12)11-7-4-3-5-8-11/h3-5,7-8,12-14,16H,2,6,9-10,15H2,1H3/t12-,13-,14+/m0/s1. The van der Waals surface area contributed by atoms with E-state index in [0.29, 0.717) is 12.1 Å². The van der Waals surface area contributed by atoms with Crippen LogP contribution >= 0.6 is 0 Å². The summed E-state index contributed by atoms with van der Waals surface area (Å²) in [5.41, 5.74) is 7.54. The van der Waals surface area contributed by atoms with E-state index in [1.165, 1.54) is 24.8 Å². The average molecular weight is 218 g/mol. The van der Waals surface area contributed by atoms with E-state index >= 15 is 0 Å². The third-order valence-electron chi connectivity index (χ3n) is 3.49. The van der Waals surface area contributed by atoms with Crippen LogP contribution in [0.1, 0.15) is 44.2 Å². The lowest BCUT2D eigenvalue weighted by molar-refractivity contribution is 0.277. The molecule has 0 bridgehead atoms. The molecule has 1 heterocycles. The maximum absolute atomic E-state index is 6.21. The van der Waals surface area contributed by atoms with Crippen LogP contribution in [0.2, 0.25) is 0 Å². The van der Waals surface area contributed by atoms with Gasteiger partial charge >= 0.3 is 0 Å². The quantitative estimate of drug-likeness (QED) is 0.818. The summed E-state index contributed by atoms with van der Waals surface area (Å²) in [6, 6.07) is 11.8. The van der Waals surface area contributed by atoms with Crippen molar-refractivity contribution in [2.45, 2.75) is 50.7 Å². The van der Waals surface area contributed by atoms with Crippen LogP contribution in [0.5, 0.6) is 0 Å². The van der Waals surface area contributed by atoms with Gasteiger partial charge < -0.3 is 11.1 Å². The highest BCUT2D eigenvalue weighted by molar-refractivity contribution is 5.21. The van der Waals surface area contributed by atoms with Crippen LogP contribution in [0.15, 0.2) is 30.3 Å². The van der Waals surface area contributed by atoms with Crippen molar-refractivity contribution in [1.29, 1.82) is 0 Å². The number of rotatable bonds is 3. The molecule has 1 aromatic rings. The summed E-state index contributed by atoms with van der Waals surface area (Å²) >= 11 is 0. The van der Waals surface area contributed by atoms with Crippen molar-refractivity contribution >= 4 is 0 Å². The Balaban J connectivity index is 2.07. The van der Waals surface area contributed by atoms with Crippen molar-refractivity contribution in [3.63, 3.8) is 0 Å². The van der Waals surface area contributed by atoms with Crippen molar-refractivity contribution in [2.24, 2.45) is 5.73 Å². The van der Waals surface area contributed by atoms with Gasteiger partial charge in [0.25, 0.3) is 0 Å². The Morgan fingerprint density at radius 2 is 2.00 bits per heavy atom.